The molecule has 0 spiro atoms. The quantitative estimate of drug-likeness (QED) is 0.623. The Morgan fingerprint density at radius 1 is 1.58 bits per heavy atom. The predicted molar refractivity (Wildman–Crippen MR) is 72.0 cm³/mol. The molecule has 0 radical (unpaired) electrons. The van der Waals surface area contributed by atoms with Crippen LogP contribution in [-0.4, -0.2) is 37.7 Å². The second-order valence-electron chi connectivity index (χ2n) is 4.32. The number of aromatic amines is 1. The summed E-state index contributed by atoms with van der Waals surface area (Å²) in [6, 6.07) is 0. The second kappa shape index (κ2) is 5.65. The summed E-state index contributed by atoms with van der Waals surface area (Å²) >= 11 is 1.31. The number of aliphatic hydroxyl groups excluding tert-OH is 2. The van der Waals surface area contributed by atoms with Gasteiger partial charge in [-0.1, -0.05) is 0 Å². The standard InChI is InChI=1S/C12H14N2O4S/c1-2-3-7-5-14(12(18)13-11(7)17)10-4-8(16)9(6-15)19-10/h1,5,8-10,15-16H,3-4,6H2,(H,13,17,18)/t8?,9?,10-/m1/s1. The topological polar surface area (TPSA) is 95.3 Å². The van der Waals surface area contributed by atoms with Crippen LogP contribution in [0.5, 0.6) is 0 Å². The van der Waals surface area contributed by atoms with Gasteiger partial charge in [0.15, 0.2) is 0 Å². The van der Waals surface area contributed by atoms with Crippen LogP contribution in [0.15, 0.2) is 15.8 Å². The van der Waals surface area contributed by atoms with Gasteiger partial charge in [0, 0.05) is 24.6 Å². The summed E-state index contributed by atoms with van der Waals surface area (Å²) in [5, 5.41) is 18.2. The molecular formula is C12H14N2O4S. The maximum Gasteiger partial charge on any atom is 0.329 e. The van der Waals surface area contributed by atoms with Crippen molar-refractivity contribution in [3.8, 4) is 12.3 Å². The van der Waals surface area contributed by atoms with E-state index in [1.165, 1.54) is 22.5 Å². The molecule has 3 N–H and O–H groups in total. The number of aliphatic hydroxyl groups is 2. The van der Waals surface area contributed by atoms with Crippen LogP contribution >= 0.6 is 11.8 Å². The van der Waals surface area contributed by atoms with Crippen molar-refractivity contribution < 1.29 is 10.2 Å². The molecule has 19 heavy (non-hydrogen) atoms. The van der Waals surface area contributed by atoms with Crippen molar-refractivity contribution in [3.63, 3.8) is 0 Å². The third-order valence-corrected chi connectivity index (χ3v) is 4.57. The van der Waals surface area contributed by atoms with Gasteiger partial charge < -0.3 is 10.2 Å². The normalized spacial score (nSPS) is 26.3. The van der Waals surface area contributed by atoms with E-state index >= 15 is 0 Å². The number of nitrogens with zero attached hydrogens (tertiary/aromatic N) is 1. The van der Waals surface area contributed by atoms with Gasteiger partial charge in [-0.05, 0) is 0 Å². The fourth-order valence-electron chi connectivity index (χ4n) is 2.03. The Labute approximate surface area is 113 Å². The van der Waals surface area contributed by atoms with E-state index in [2.05, 4.69) is 10.9 Å². The highest BCUT2D eigenvalue weighted by molar-refractivity contribution is 8.00. The first kappa shape index (κ1) is 13.9. The van der Waals surface area contributed by atoms with Gasteiger partial charge in [0.25, 0.3) is 5.56 Å². The van der Waals surface area contributed by atoms with Gasteiger partial charge in [-0.2, -0.15) is 0 Å². The molecule has 1 saturated heterocycles. The number of thioether (sulfide) groups is 1. The van der Waals surface area contributed by atoms with Gasteiger partial charge >= 0.3 is 5.69 Å². The Balaban J connectivity index is 2.36. The van der Waals surface area contributed by atoms with Gasteiger partial charge in [0.05, 0.1) is 23.3 Å². The van der Waals surface area contributed by atoms with E-state index in [0.29, 0.717) is 12.0 Å². The average Bonchev–Trinajstić information content (AvgIpc) is 2.74. The van der Waals surface area contributed by atoms with E-state index in [1.54, 1.807) is 0 Å². The Hall–Kier alpha value is -1.49. The van der Waals surface area contributed by atoms with Crippen molar-refractivity contribution in [1.82, 2.24) is 9.55 Å². The molecule has 2 rings (SSSR count). The molecule has 0 aromatic carbocycles. The van der Waals surface area contributed by atoms with Gasteiger partial charge in [-0.15, -0.1) is 24.1 Å². The van der Waals surface area contributed by atoms with E-state index in [9.17, 15) is 14.7 Å². The van der Waals surface area contributed by atoms with Crippen molar-refractivity contribution >= 4 is 11.8 Å². The van der Waals surface area contributed by atoms with Gasteiger partial charge in [-0.25, -0.2) is 4.79 Å². The zero-order valence-corrected chi connectivity index (χ0v) is 10.9. The number of hydrogen-bond donors (Lipinski definition) is 3. The molecule has 7 heteroatoms. The van der Waals surface area contributed by atoms with Crippen molar-refractivity contribution in [1.29, 1.82) is 0 Å². The van der Waals surface area contributed by atoms with Crippen LogP contribution in [0.3, 0.4) is 0 Å². The van der Waals surface area contributed by atoms with Crippen LogP contribution in [0.1, 0.15) is 17.4 Å². The van der Waals surface area contributed by atoms with Gasteiger partial charge in [0.2, 0.25) is 0 Å². The first-order valence-electron chi connectivity index (χ1n) is 5.79. The van der Waals surface area contributed by atoms with E-state index in [1.807, 2.05) is 0 Å². The predicted octanol–water partition coefficient (Wildman–Crippen LogP) is -0.930. The van der Waals surface area contributed by atoms with Crippen LogP contribution in [0.2, 0.25) is 0 Å². The van der Waals surface area contributed by atoms with Crippen molar-refractivity contribution in [3.05, 3.63) is 32.6 Å². The molecule has 2 heterocycles. The maximum absolute atomic E-state index is 11.8. The molecule has 6 nitrogen and oxygen atoms in total. The zero-order valence-electron chi connectivity index (χ0n) is 10.1. The summed E-state index contributed by atoms with van der Waals surface area (Å²) in [6.07, 6.45) is 6.41. The number of nitrogens with one attached hydrogen (secondary N) is 1. The first-order valence-corrected chi connectivity index (χ1v) is 6.73. The summed E-state index contributed by atoms with van der Waals surface area (Å²) in [6.45, 7) is -0.155. The number of aromatic nitrogens is 2. The monoisotopic (exact) mass is 282 g/mol. The van der Waals surface area contributed by atoms with Gasteiger partial charge in [-0.3, -0.25) is 14.3 Å². The Bertz CT molecular complexity index is 615. The minimum absolute atomic E-state index is 0.138. The van der Waals surface area contributed by atoms with E-state index < -0.39 is 17.4 Å². The van der Waals surface area contributed by atoms with Crippen LogP contribution < -0.4 is 11.2 Å². The first-order chi connectivity index (χ1) is 9.06. The summed E-state index contributed by atoms with van der Waals surface area (Å²) in [5.74, 6) is 2.36. The van der Waals surface area contributed by atoms with Crippen molar-refractivity contribution in [2.24, 2.45) is 0 Å². The lowest BCUT2D eigenvalue weighted by Crippen LogP contribution is -2.33. The third kappa shape index (κ3) is 2.76. The molecule has 0 aliphatic carbocycles. The van der Waals surface area contributed by atoms with Crippen molar-refractivity contribution in [2.75, 3.05) is 6.61 Å². The van der Waals surface area contributed by atoms with Crippen LogP contribution in [0.25, 0.3) is 0 Å². The van der Waals surface area contributed by atoms with Gasteiger partial charge in [0.1, 0.15) is 0 Å². The Kier molecular flexibility index (Phi) is 4.14. The minimum atomic E-state index is -0.671. The Morgan fingerprint density at radius 2 is 2.32 bits per heavy atom. The number of H-pyrrole nitrogens is 1. The highest BCUT2D eigenvalue weighted by Gasteiger charge is 2.34. The highest BCUT2D eigenvalue weighted by atomic mass is 32.2. The average molecular weight is 282 g/mol. The smallest absolute Gasteiger partial charge is 0.329 e. The SMILES string of the molecule is C#CCc1cn([C@H]2CC(O)C(CO)S2)c(=O)[nH]c1=O. The molecule has 1 fully saturated rings. The van der Waals surface area contributed by atoms with E-state index in [4.69, 9.17) is 11.5 Å². The summed E-state index contributed by atoms with van der Waals surface area (Å²) in [4.78, 5) is 25.5. The van der Waals surface area contributed by atoms with Crippen LogP contribution in [-0.2, 0) is 6.42 Å². The van der Waals surface area contributed by atoms with Crippen molar-refractivity contribution in [2.45, 2.75) is 29.6 Å². The molecule has 1 aliphatic rings. The summed E-state index contributed by atoms with van der Waals surface area (Å²) < 4.78 is 1.36. The lowest BCUT2D eigenvalue weighted by atomic mass is 10.2. The lowest BCUT2D eigenvalue weighted by molar-refractivity contribution is 0.137. The van der Waals surface area contributed by atoms with Crippen LogP contribution in [0.4, 0.5) is 0 Å². The summed E-state index contributed by atoms with van der Waals surface area (Å²) in [5.41, 5.74) is -0.680. The summed E-state index contributed by atoms with van der Waals surface area (Å²) in [7, 11) is 0. The maximum atomic E-state index is 11.8. The Morgan fingerprint density at radius 3 is 2.89 bits per heavy atom. The minimum Gasteiger partial charge on any atom is -0.395 e. The molecule has 3 atom stereocenters. The number of hydrogen-bond acceptors (Lipinski definition) is 5. The molecule has 1 aromatic rings. The second-order valence-corrected chi connectivity index (χ2v) is 5.74. The highest BCUT2D eigenvalue weighted by Crippen LogP contribution is 2.40. The molecule has 0 amide bonds. The van der Waals surface area contributed by atoms with E-state index in [0.717, 1.165) is 0 Å². The largest absolute Gasteiger partial charge is 0.395 e. The molecule has 0 saturated carbocycles. The zero-order chi connectivity index (χ0) is 14.0. The fourth-order valence-corrected chi connectivity index (χ4v) is 3.41. The molecule has 102 valence electrons. The van der Waals surface area contributed by atoms with E-state index in [-0.39, 0.29) is 23.7 Å². The number of terminal acetylenes is 1. The lowest BCUT2D eigenvalue weighted by Gasteiger charge is -2.13. The molecule has 1 aliphatic heterocycles. The molecule has 2 unspecified atom stereocenters. The third-order valence-electron chi connectivity index (χ3n) is 3.03. The molecule has 0 bridgehead atoms. The molecule has 1 aromatic heterocycles. The fraction of sp³-hybridized carbons (Fsp3) is 0.500. The number of rotatable bonds is 3. The molecular weight excluding hydrogens is 268 g/mol. The van der Waals surface area contributed by atoms with Crippen LogP contribution in [0, 0.1) is 12.3 Å².